The summed E-state index contributed by atoms with van der Waals surface area (Å²) in [7, 11) is 0. The Morgan fingerprint density at radius 3 is 2.29 bits per heavy atom. The molecule has 2 aliphatic heterocycles. The molecular weight excluding hydrogens is 392 g/mol. The minimum atomic E-state index is -0.399. The van der Waals surface area contributed by atoms with E-state index in [4.69, 9.17) is 0 Å². The lowest BCUT2D eigenvalue weighted by molar-refractivity contribution is -0.122. The zero-order valence-electron chi connectivity index (χ0n) is 17.8. The van der Waals surface area contributed by atoms with Gasteiger partial charge >= 0.3 is 0 Å². The highest BCUT2D eigenvalue weighted by atomic mass is 16.2. The first-order chi connectivity index (χ1) is 15.0. The predicted octanol–water partition coefficient (Wildman–Crippen LogP) is 2.46. The Morgan fingerprint density at radius 2 is 1.65 bits per heavy atom. The molecule has 7 heteroatoms. The van der Waals surface area contributed by atoms with E-state index in [1.807, 2.05) is 35.2 Å². The maximum Gasteiger partial charge on any atom is 0.253 e. The van der Waals surface area contributed by atoms with Crippen LogP contribution in [0.5, 0.6) is 0 Å². The molecule has 2 aromatic rings. The number of nitrogens with one attached hydrogen (secondary N) is 1. The fourth-order valence-electron chi connectivity index (χ4n) is 4.13. The van der Waals surface area contributed by atoms with E-state index in [0.29, 0.717) is 17.8 Å². The van der Waals surface area contributed by atoms with Gasteiger partial charge in [0.25, 0.3) is 5.91 Å². The van der Waals surface area contributed by atoms with Crippen LogP contribution < -0.4 is 10.2 Å². The molecule has 2 saturated heterocycles. The van der Waals surface area contributed by atoms with Gasteiger partial charge in [-0.25, -0.2) is 0 Å². The number of piperazine rings is 1. The van der Waals surface area contributed by atoms with Gasteiger partial charge in [0.15, 0.2) is 0 Å². The Bertz CT molecular complexity index is 937. The van der Waals surface area contributed by atoms with E-state index in [2.05, 4.69) is 17.1 Å². The highest BCUT2D eigenvalue weighted by molar-refractivity contribution is 6.03. The lowest BCUT2D eigenvalue weighted by Crippen LogP contribution is -2.48. The molecule has 7 nitrogen and oxygen atoms in total. The first-order valence-electron chi connectivity index (χ1n) is 10.8. The molecule has 3 amide bonds. The molecule has 162 valence electrons. The number of anilines is 2. The van der Waals surface area contributed by atoms with Crippen LogP contribution in [0.1, 0.15) is 23.7 Å². The summed E-state index contributed by atoms with van der Waals surface area (Å²) in [6.07, 6.45) is 0.195. The number of likely N-dealkylation sites (N-methyl/N-ethyl adjacent to an activating group) is 1. The molecular formula is C24H28N4O3. The van der Waals surface area contributed by atoms with Crippen LogP contribution in [0.25, 0.3) is 0 Å². The monoisotopic (exact) mass is 420 g/mol. The van der Waals surface area contributed by atoms with Crippen LogP contribution in [-0.4, -0.2) is 66.8 Å². The van der Waals surface area contributed by atoms with Crippen molar-refractivity contribution in [2.24, 2.45) is 5.92 Å². The van der Waals surface area contributed by atoms with Gasteiger partial charge in [-0.2, -0.15) is 0 Å². The summed E-state index contributed by atoms with van der Waals surface area (Å²) < 4.78 is 0. The van der Waals surface area contributed by atoms with Gasteiger partial charge in [-0.1, -0.05) is 25.1 Å². The van der Waals surface area contributed by atoms with Gasteiger partial charge < -0.3 is 20.0 Å². The zero-order valence-corrected chi connectivity index (χ0v) is 17.8. The highest BCUT2D eigenvalue weighted by Crippen LogP contribution is 2.26. The average Bonchev–Trinajstić information content (AvgIpc) is 3.21. The average molecular weight is 421 g/mol. The van der Waals surface area contributed by atoms with Crippen molar-refractivity contribution in [1.82, 2.24) is 9.80 Å². The van der Waals surface area contributed by atoms with Crippen molar-refractivity contribution in [2.45, 2.75) is 13.3 Å². The maximum absolute atomic E-state index is 12.7. The van der Waals surface area contributed by atoms with Crippen molar-refractivity contribution >= 4 is 29.1 Å². The van der Waals surface area contributed by atoms with E-state index < -0.39 is 5.92 Å². The van der Waals surface area contributed by atoms with Crippen molar-refractivity contribution in [2.75, 3.05) is 49.5 Å². The predicted molar refractivity (Wildman–Crippen MR) is 120 cm³/mol. The van der Waals surface area contributed by atoms with E-state index in [1.54, 1.807) is 29.2 Å². The second-order valence-electron chi connectivity index (χ2n) is 8.03. The number of hydrogen-bond donors (Lipinski definition) is 1. The molecule has 2 fully saturated rings. The number of amides is 3. The van der Waals surface area contributed by atoms with Crippen molar-refractivity contribution in [1.29, 1.82) is 0 Å². The van der Waals surface area contributed by atoms with Gasteiger partial charge in [-0.15, -0.1) is 0 Å². The normalized spacial score (nSPS) is 19.5. The van der Waals surface area contributed by atoms with E-state index >= 15 is 0 Å². The molecule has 2 aromatic carbocycles. The van der Waals surface area contributed by atoms with Crippen molar-refractivity contribution in [3.8, 4) is 0 Å². The van der Waals surface area contributed by atoms with Gasteiger partial charge in [-0.05, 0) is 42.9 Å². The zero-order chi connectivity index (χ0) is 21.8. The SMILES string of the molecule is CCN1CCN(C(=O)c2ccc(NC(=O)C3CC(=O)N(c4ccccc4)C3)cc2)CC1. The molecule has 0 aromatic heterocycles. The molecule has 2 heterocycles. The number of para-hydroxylation sites is 1. The summed E-state index contributed by atoms with van der Waals surface area (Å²) >= 11 is 0. The lowest BCUT2D eigenvalue weighted by Gasteiger charge is -2.34. The summed E-state index contributed by atoms with van der Waals surface area (Å²) in [6, 6.07) is 16.4. The van der Waals surface area contributed by atoms with Crippen LogP contribution in [0.15, 0.2) is 54.6 Å². The third kappa shape index (κ3) is 4.77. The minimum absolute atomic E-state index is 0.0218. The Kier molecular flexibility index (Phi) is 6.32. The second kappa shape index (κ2) is 9.31. The standard InChI is InChI=1S/C24H28N4O3/c1-2-26-12-14-27(15-13-26)24(31)18-8-10-20(11-9-18)25-23(30)19-16-22(29)28(17-19)21-6-4-3-5-7-21/h3-11,19H,2,12-17H2,1H3,(H,25,30). The van der Waals surface area contributed by atoms with Crippen LogP contribution in [-0.2, 0) is 9.59 Å². The van der Waals surface area contributed by atoms with Gasteiger partial charge in [0.2, 0.25) is 11.8 Å². The van der Waals surface area contributed by atoms with E-state index in [-0.39, 0.29) is 24.1 Å². The van der Waals surface area contributed by atoms with Gasteiger partial charge in [0.1, 0.15) is 0 Å². The second-order valence-corrected chi connectivity index (χ2v) is 8.03. The fraction of sp³-hybridized carbons (Fsp3) is 0.375. The maximum atomic E-state index is 12.7. The molecule has 0 radical (unpaired) electrons. The molecule has 0 spiro atoms. The number of nitrogens with zero attached hydrogens (tertiary/aromatic N) is 3. The molecule has 0 saturated carbocycles. The van der Waals surface area contributed by atoms with Crippen LogP contribution in [0, 0.1) is 5.92 Å². The van der Waals surface area contributed by atoms with Gasteiger partial charge in [0.05, 0.1) is 5.92 Å². The Balaban J connectivity index is 1.33. The molecule has 0 aliphatic carbocycles. The van der Waals surface area contributed by atoms with E-state index in [1.165, 1.54) is 0 Å². The van der Waals surface area contributed by atoms with Gasteiger partial charge in [0, 0.05) is 56.1 Å². The van der Waals surface area contributed by atoms with Gasteiger partial charge in [-0.3, -0.25) is 14.4 Å². The topological polar surface area (TPSA) is 73.0 Å². The van der Waals surface area contributed by atoms with Crippen LogP contribution >= 0.6 is 0 Å². The fourth-order valence-corrected chi connectivity index (χ4v) is 4.13. The number of carbonyl (C=O) groups is 3. The molecule has 0 bridgehead atoms. The van der Waals surface area contributed by atoms with Crippen molar-refractivity contribution < 1.29 is 14.4 Å². The van der Waals surface area contributed by atoms with Crippen LogP contribution in [0.3, 0.4) is 0 Å². The first-order valence-corrected chi connectivity index (χ1v) is 10.8. The number of benzene rings is 2. The summed E-state index contributed by atoms with van der Waals surface area (Å²) in [5.74, 6) is -0.602. The molecule has 1 atom stereocenters. The lowest BCUT2D eigenvalue weighted by atomic mass is 10.1. The molecule has 1 unspecified atom stereocenters. The van der Waals surface area contributed by atoms with Crippen molar-refractivity contribution in [3.05, 3.63) is 60.2 Å². The van der Waals surface area contributed by atoms with Crippen LogP contribution in [0.4, 0.5) is 11.4 Å². The third-order valence-electron chi connectivity index (χ3n) is 6.07. The summed E-state index contributed by atoms with van der Waals surface area (Å²) in [4.78, 5) is 43.6. The first kappa shape index (κ1) is 21.1. The largest absolute Gasteiger partial charge is 0.336 e. The molecule has 4 rings (SSSR count). The Labute approximate surface area is 182 Å². The summed E-state index contributed by atoms with van der Waals surface area (Å²) in [5.41, 5.74) is 2.06. The number of carbonyl (C=O) groups excluding carboxylic acids is 3. The Hall–Kier alpha value is -3.19. The number of hydrogen-bond acceptors (Lipinski definition) is 4. The Morgan fingerprint density at radius 1 is 0.968 bits per heavy atom. The van der Waals surface area contributed by atoms with Crippen molar-refractivity contribution in [3.63, 3.8) is 0 Å². The third-order valence-corrected chi connectivity index (χ3v) is 6.07. The van der Waals surface area contributed by atoms with E-state index in [9.17, 15) is 14.4 Å². The van der Waals surface area contributed by atoms with Crippen LogP contribution in [0.2, 0.25) is 0 Å². The number of rotatable bonds is 5. The molecule has 1 N–H and O–H groups in total. The summed E-state index contributed by atoms with van der Waals surface area (Å²) in [5, 5.41) is 2.89. The highest BCUT2D eigenvalue weighted by Gasteiger charge is 2.35. The molecule has 31 heavy (non-hydrogen) atoms. The smallest absolute Gasteiger partial charge is 0.253 e. The molecule has 2 aliphatic rings. The quantitative estimate of drug-likeness (QED) is 0.807. The summed E-state index contributed by atoms with van der Waals surface area (Å²) in [6.45, 7) is 6.77. The van der Waals surface area contributed by atoms with E-state index in [0.717, 1.165) is 38.4 Å². The minimum Gasteiger partial charge on any atom is -0.336 e.